The summed E-state index contributed by atoms with van der Waals surface area (Å²) >= 11 is 5.57. The van der Waals surface area contributed by atoms with E-state index in [9.17, 15) is 12.8 Å². The Morgan fingerprint density at radius 3 is 2.71 bits per heavy atom. The van der Waals surface area contributed by atoms with Crippen LogP contribution in [0.1, 0.15) is 12.5 Å². The van der Waals surface area contributed by atoms with Gasteiger partial charge in [-0.25, -0.2) is 17.5 Å². The zero-order valence-corrected chi connectivity index (χ0v) is 10.9. The van der Waals surface area contributed by atoms with Gasteiger partial charge in [0.1, 0.15) is 5.82 Å². The third-order valence-electron chi connectivity index (χ3n) is 2.07. The first kappa shape index (κ1) is 14.4. The van der Waals surface area contributed by atoms with Crippen molar-refractivity contribution >= 4 is 21.6 Å². The van der Waals surface area contributed by atoms with Crippen LogP contribution in [0.3, 0.4) is 0 Å². The van der Waals surface area contributed by atoms with Crippen LogP contribution in [0, 0.1) is 5.82 Å². The van der Waals surface area contributed by atoms with Crippen molar-refractivity contribution in [2.45, 2.75) is 18.7 Å². The molecule has 0 aliphatic rings. The minimum Gasteiger partial charge on any atom is -0.329 e. The van der Waals surface area contributed by atoms with Gasteiger partial charge in [-0.05, 0) is 24.6 Å². The number of rotatable bonds is 5. The SMILES string of the molecule is C[C@H](CN)NS(=O)(=O)Cc1ccc(F)c(Cl)c1. The van der Waals surface area contributed by atoms with Crippen molar-refractivity contribution in [1.29, 1.82) is 0 Å². The average Bonchev–Trinajstić information content (AvgIpc) is 2.22. The van der Waals surface area contributed by atoms with Gasteiger partial charge in [-0.1, -0.05) is 17.7 Å². The molecule has 0 saturated carbocycles. The third-order valence-corrected chi connectivity index (χ3v) is 3.84. The topological polar surface area (TPSA) is 72.2 Å². The highest BCUT2D eigenvalue weighted by Gasteiger charge is 2.15. The zero-order chi connectivity index (χ0) is 13.1. The summed E-state index contributed by atoms with van der Waals surface area (Å²) in [5.41, 5.74) is 5.74. The predicted molar refractivity (Wildman–Crippen MR) is 65.7 cm³/mol. The van der Waals surface area contributed by atoms with Gasteiger partial charge >= 0.3 is 0 Å². The van der Waals surface area contributed by atoms with Crippen LogP contribution < -0.4 is 10.5 Å². The lowest BCUT2D eigenvalue weighted by atomic mass is 10.2. The first-order valence-corrected chi connectivity index (χ1v) is 7.01. The van der Waals surface area contributed by atoms with E-state index in [0.29, 0.717) is 5.56 Å². The molecule has 1 aromatic carbocycles. The molecule has 0 spiro atoms. The van der Waals surface area contributed by atoms with Crippen molar-refractivity contribution in [2.24, 2.45) is 5.73 Å². The quantitative estimate of drug-likeness (QED) is 0.852. The molecular weight excluding hydrogens is 267 g/mol. The van der Waals surface area contributed by atoms with Crippen molar-refractivity contribution in [3.05, 3.63) is 34.6 Å². The molecule has 1 aromatic rings. The Kier molecular flexibility index (Phi) is 4.88. The molecular formula is C10H14ClFN2O2S. The van der Waals surface area contributed by atoms with Gasteiger partial charge in [-0.2, -0.15) is 0 Å². The third kappa shape index (κ3) is 4.59. The second kappa shape index (κ2) is 5.77. The summed E-state index contributed by atoms with van der Waals surface area (Å²) in [4.78, 5) is 0. The highest BCUT2D eigenvalue weighted by Crippen LogP contribution is 2.17. The number of benzene rings is 1. The first-order valence-electron chi connectivity index (χ1n) is 4.98. The fourth-order valence-electron chi connectivity index (χ4n) is 1.25. The molecule has 96 valence electrons. The van der Waals surface area contributed by atoms with Crippen LogP contribution in [-0.4, -0.2) is 21.0 Å². The van der Waals surface area contributed by atoms with E-state index in [0.717, 1.165) is 6.07 Å². The lowest BCUT2D eigenvalue weighted by molar-refractivity contribution is 0.561. The van der Waals surface area contributed by atoms with Crippen LogP contribution in [0.4, 0.5) is 4.39 Å². The van der Waals surface area contributed by atoms with E-state index in [1.165, 1.54) is 12.1 Å². The van der Waals surface area contributed by atoms with Gasteiger partial charge in [0.05, 0.1) is 10.8 Å². The molecule has 0 aliphatic carbocycles. The van der Waals surface area contributed by atoms with Crippen molar-refractivity contribution < 1.29 is 12.8 Å². The molecule has 0 saturated heterocycles. The monoisotopic (exact) mass is 280 g/mol. The largest absolute Gasteiger partial charge is 0.329 e. The molecule has 3 N–H and O–H groups in total. The summed E-state index contributed by atoms with van der Waals surface area (Å²) in [6.45, 7) is 1.87. The molecule has 0 fully saturated rings. The Bertz CT molecular complexity index is 493. The van der Waals surface area contributed by atoms with E-state index in [1.807, 2.05) is 0 Å². The minimum atomic E-state index is -3.49. The van der Waals surface area contributed by atoms with Crippen molar-refractivity contribution in [3.63, 3.8) is 0 Å². The van der Waals surface area contributed by atoms with Gasteiger partial charge in [0.25, 0.3) is 0 Å². The van der Waals surface area contributed by atoms with E-state index in [2.05, 4.69) is 4.72 Å². The summed E-state index contributed by atoms with van der Waals surface area (Å²) in [5, 5.41) is -0.0930. The number of halogens is 2. The molecule has 0 heterocycles. The maximum Gasteiger partial charge on any atom is 0.216 e. The fourth-order valence-corrected chi connectivity index (χ4v) is 2.86. The molecule has 1 atom stereocenters. The molecule has 0 bridgehead atoms. The number of sulfonamides is 1. The van der Waals surface area contributed by atoms with Crippen LogP contribution in [0.2, 0.25) is 5.02 Å². The molecule has 0 unspecified atom stereocenters. The lowest BCUT2D eigenvalue weighted by Gasteiger charge is -2.12. The molecule has 0 aromatic heterocycles. The van der Waals surface area contributed by atoms with Crippen molar-refractivity contribution in [2.75, 3.05) is 6.54 Å². The number of nitrogens with one attached hydrogen (secondary N) is 1. The zero-order valence-electron chi connectivity index (χ0n) is 9.28. The molecule has 17 heavy (non-hydrogen) atoms. The van der Waals surface area contributed by atoms with Crippen LogP contribution in [0.15, 0.2) is 18.2 Å². The molecule has 0 aliphatic heterocycles. The summed E-state index contributed by atoms with van der Waals surface area (Å²) in [6, 6.07) is 3.48. The standard InChI is InChI=1S/C10H14ClFN2O2S/c1-7(5-13)14-17(15,16)6-8-2-3-10(12)9(11)4-8/h2-4,7,14H,5-6,13H2,1H3/t7-/m1/s1. The van der Waals surface area contributed by atoms with Gasteiger partial charge in [0.15, 0.2) is 0 Å². The van der Waals surface area contributed by atoms with Gasteiger partial charge < -0.3 is 5.73 Å². The van der Waals surface area contributed by atoms with E-state index < -0.39 is 15.8 Å². The Morgan fingerprint density at radius 2 is 2.18 bits per heavy atom. The second-order valence-electron chi connectivity index (χ2n) is 3.76. The molecule has 1 rings (SSSR count). The van der Waals surface area contributed by atoms with Crippen LogP contribution >= 0.6 is 11.6 Å². The summed E-state index contributed by atoms with van der Waals surface area (Å²) in [5.74, 6) is -0.826. The maximum absolute atomic E-state index is 12.9. The van der Waals surface area contributed by atoms with Crippen LogP contribution in [0.25, 0.3) is 0 Å². The maximum atomic E-state index is 12.9. The van der Waals surface area contributed by atoms with Gasteiger partial charge in [0, 0.05) is 12.6 Å². The highest BCUT2D eigenvalue weighted by molar-refractivity contribution is 7.88. The van der Waals surface area contributed by atoms with Crippen molar-refractivity contribution in [3.8, 4) is 0 Å². The lowest BCUT2D eigenvalue weighted by Crippen LogP contribution is -2.38. The van der Waals surface area contributed by atoms with E-state index in [-0.39, 0.29) is 23.4 Å². The number of hydrogen-bond donors (Lipinski definition) is 2. The highest BCUT2D eigenvalue weighted by atomic mass is 35.5. The number of hydrogen-bond acceptors (Lipinski definition) is 3. The van der Waals surface area contributed by atoms with Gasteiger partial charge in [-0.15, -0.1) is 0 Å². The molecule has 4 nitrogen and oxygen atoms in total. The summed E-state index contributed by atoms with van der Waals surface area (Å²) < 4.78 is 38.6. The molecule has 0 amide bonds. The normalized spacial score (nSPS) is 13.6. The summed E-state index contributed by atoms with van der Waals surface area (Å²) in [7, 11) is -3.49. The average molecular weight is 281 g/mol. The fraction of sp³-hybridized carbons (Fsp3) is 0.400. The van der Waals surface area contributed by atoms with E-state index >= 15 is 0 Å². The van der Waals surface area contributed by atoms with Crippen molar-refractivity contribution in [1.82, 2.24) is 4.72 Å². The Hall–Kier alpha value is -0.690. The first-order chi connectivity index (χ1) is 7.84. The second-order valence-corrected chi connectivity index (χ2v) is 5.92. The Balaban J connectivity index is 2.80. The smallest absolute Gasteiger partial charge is 0.216 e. The molecule has 7 heteroatoms. The summed E-state index contributed by atoms with van der Waals surface area (Å²) in [6.07, 6.45) is 0. The van der Waals surface area contributed by atoms with Gasteiger partial charge in [0.2, 0.25) is 10.0 Å². The van der Waals surface area contributed by atoms with Crippen LogP contribution in [0.5, 0.6) is 0 Å². The predicted octanol–water partition coefficient (Wildman–Crippen LogP) is 1.25. The molecule has 0 radical (unpaired) electrons. The minimum absolute atomic E-state index is 0.0930. The van der Waals surface area contributed by atoms with E-state index in [4.69, 9.17) is 17.3 Å². The Labute approximate surface area is 105 Å². The van der Waals surface area contributed by atoms with Gasteiger partial charge in [-0.3, -0.25) is 0 Å². The van der Waals surface area contributed by atoms with Crippen LogP contribution in [-0.2, 0) is 15.8 Å². The number of nitrogens with two attached hydrogens (primary N) is 1. The Morgan fingerprint density at radius 1 is 1.53 bits per heavy atom. The van der Waals surface area contributed by atoms with E-state index in [1.54, 1.807) is 6.92 Å².